The van der Waals surface area contributed by atoms with E-state index in [4.69, 9.17) is 20.3 Å². The first-order valence-electron chi connectivity index (χ1n) is 5.87. The molecule has 0 amide bonds. The Balaban J connectivity index is 2.30. The molecular weight excluding hydrogens is 254 g/mol. The maximum absolute atomic E-state index is 11.8. The monoisotopic (exact) mass is 271 g/mol. The summed E-state index contributed by atoms with van der Waals surface area (Å²) in [7, 11) is 1.51. The van der Waals surface area contributed by atoms with Gasteiger partial charge in [-0.1, -0.05) is 0 Å². The highest BCUT2D eigenvalue weighted by Gasteiger charge is 2.35. The summed E-state index contributed by atoms with van der Waals surface area (Å²) < 4.78 is 11.6. The van der Waals surface area contributed by atoms with Crippen molar-refractivity contribution in [3.05, 3.63) is 22.2 Å². The number of hydrogen-bond acceptors (Lipinski definition) is 7. The number of rotatable bonds is 4. The molecule has 0 saturated carbocycles. The van der Waals surface area contributed by atoms with E-state index in [0.717, 1.165) is 0 Å². The molecule has 1 saturated heterocycles. The molecule has 4 N–H and O–H groups in total. The molecule has 0 bridgehead atoms. The van der Waals surface area contributed by atoms with Gasteiger partial charge in [-0.3, -0.25) is 4.57 Å². The molecule has 1 aromatic rings. The molecule has 1 aliphatic heterocycles. The van der Waals surface area contributed by atoms with Gasteiger partial charge in [-0.25, -0.2) is 4.79 Å². The van der Waals surface area contributed by atoms with Gasteiger partial charge < -0.3 is 25.4 Å². The molecule has 1 fully saturated rings. The average molecular weight is 271 g/mol. The molecule has 0 aromatic carbocycles. The van der Waals surface area contributed by atoms with Crippen molar-refractivity contribution in [1.29, 1.82) is 0 Å². The Labute approximate surface area is 109 Å². The van der Waals surface area contributed by atoms with Crippen LogP contribution in [0.25, 0.3) is 0 Å². The number of aliphatic hydroxyl groups excluding tert-OH is 2. The van der Waals surface area contributed by atoms with Crippen molar-refractivity contribution in [3.8, 4) is 0 Å². The first-order chi connectivity index (χ1) is 9.06. The number of nitrogen functional groups attached to an aromatic ring is 1. The average Bonchev–Trinajstić information content (AvgIpc) is 2.74. The van der Waals surface area contributed by atoms with E-state index < -0.39 is 24.1 Å². The molecule has 2 rings (SSSR count). The maximum Gasteiger partial charge on any atom is 0.351 e. The molecular formula is C11H17N3O5. The van der Waals surface area contributed by atoms with E-state index in [1.807, 2.05) is 0 Å². The second-order valence-electron chi connectivity index (χ2n) is 4.39. The Morgan fingerprint density at radius 3 is 3.00 bits per heavy atom. The van der Waals surface area contributed by atoms with Gasteiger partial charge >= 0.3 is 5.69 Å². The van der Waals surface area contributed by atoms with Crippen LogP contribution in [0.5, 0.6) is 0 Å². The first-order valence-corrected chi connectivity index (χ1v) is 5.87. The SMILES string of the molecule is COCc1cn(C2CC(O)C(CO)O2)c(=O)nc1N. The van der Waals surface area contributed by atoms with Crippen molar-refractivity contribution < 1.29 is 19.7 Å². The van der Waals surface area contributed by atoms with Gasteiger partial charge in [-0.2, -0.15) is 4.98 Å². The molecule has 8 nitrogen and oxygen atoms in total. The molecule has 2 heterocycles. The van der Waals surface area contributed by atoms with Crippen molar-refractivity contribution >= 4 is 5.82 Å². The molecule has 1 aromatic heterocycles. The van der Waals surface area contributed by atoms with Gasteiger partial charge in [0, 0.05) is 25.3 Å². The van der Waals surface area contributed by atoms with Crippen molar-refractivity contribution in [2.24, 2.45) is 0 Å². The van der Waals surface area contributed by atoms with Crippen LogP contribution in [0.4, 0.5) is 5.82 Å². The smallest absolute Gasteiger partial charge is 0.351 e. The highest BCUT2D eigenvalue weighted by atomic mass is 16.5. The highest BCUT2D eigenvalue weighted by molar-refractivity contribution is 5.36. The number of nitrogens with zero attached hydrogens (tertiary/aromatic N) is 2. The second kappa shape index (κ2) is 5.66. The summed E-state index contributed by atoms with van der Waals surface area (Å²) in [5, 5.41) is 18.7. The van der Waals surface area contributed by atoms with Crippen LogP contribution in [-0.4, -0.2) is 45.7 Å². The van der Waals surface area contributed by atoms with Gasteiger partial charge in [0.2, 0.25) is 0 Å². The number of aromatic nitrogens is 2. The fourth-order valence-corrected chi connectivity index (χ4v) is 2.05. The minimum absolute atomic E-state index is 0.111. The number of methoxy groups -OCH3 is 1. The third-order valence-electron chi connectivity index (χ3n) is 3.06. The van der Waals surface area contributed by atoms with Gasteiger partial charge in [0.15, 0.2) is 0 Å². The van der Waals surface area contributed by atoms with E-state index in [0.29, 0.717) is 5.56 Å². The van der Waals surface area contributed by atoms with Crippen molar-refractivity contribution in [2.45, 2.75) is 31.5 Å². The van der Waals surface area contributed by atoms with E-state index >= 15 is 0 Å². The van der Waals surface area contributed by atoms with E-state index in [1.165, 1.54) is 17.9 Å². The van der Waals surface area contributed by atoms with Crippen LogP contribution < -0.4 is 11.4 Å². The van der Waals surface area contributed by atoms with Crippen LogP contribution in [-0.2, 0) is 16.1 Å². The highest BCUT2D eigenvalue weighted by Crippen LogP contribution is 2.27. The van der Waals surface area contributed by atoms with Gasteiger partial charge in [0.05, 0.1) is 19.3 Å². The number of ether oxygens (including phenoxy) is 2. The minimum Gasteiger partial charge on any atom is -0.394 e. The molecule has 3 atom stereocenters. The lowest BCUT2D eigenvalue weighted by Crippen LogP contribution is -2.29. The summed E-state index contributed by atoms with van der Waals surface area (Å²) in [5.74, 6) is 0.111. The Kier molecular flexibility index (Phi) is 4.15. The van der Waals surface area contributed by atoms with Crippen molar-refractivity contribution in [2.75, 3.05) is 19.5 Å². The predicted octanol–water partition coefficient (Wildman–Crippen LogP) is -1.39. The van der Waals surface area contributed by atoms with Gasteiger partial charge in [0.1, 0.15) is 18.1 Å². The summed E-state index contributed by atoms with van der Waals surface area (Å²) in [4.78, 5) is 15.5. The molecule has 0 spiro atoms. The number of nitrogens with two attached hydrogens (primary N) is 1. The van der Waals surface area contributed by atoms with Crippen molar-refractivity contribution in [1.82, 2.24) is 9.55 Å². The van der Waals surface area contributed by atoms with Gasteiger partial charge in [0.25, 0.3) is 0 Å². The number of aliphatic hydroxyl groups is 2. The van der Waals surface area contributed by atoms with Crippen LogP contribution in [0.3, 0.4) is 0 Å². The molecule has 0 radical (unpaired) electrons. The topological polar surface area (TPSA) is 120 Å². The standard InChI is InChI=1S/C11H17N3O5/c1-18-5-6-3-14(11(17)13-10(6)12)9-2-7(16)8(4-15)19-9/h3,7-9,15-16H,2,4-5H2,1H3,(H2,12,13,17). The predicted molar refractivity (Wildman–Crippen MR) is 65.2 cm³/mol. The molecule has 8 heteroatoms. The quantitative estimate of drug-likeness (QED) is 0.616. The third kappa shape index (κ3) is 2.76. The minimum atomic E-state index is -0.815. The van der Waals surface area contributed by atoms with Crippen LogP contribution in [0.2, 0.25) is 0 Å². The maximum atomic E-state index is 11.8. The molecule has 3 unspecified atom stereocenters. The Morgan fingerprint density at radius 1 is 1.68 bits per heavy atom. The normalized spacial score (nSPS) is 26.8. The zero-order valence-electron chi connectivity index (χ0n) is 10.5. The number of anilines is 1. The lowest BCUT2D eigenvalue weighted by Gasteiger charge is -2.16. The van der Waals surface area contributed by atoms with E-state index in [-0.39, 0.29) is 25.5 Å². The summed E-state index contributed by atoms with van der Waals surface area (Å²) >= 11 is 0. The molecule has 106 valence electrons. The van der Waals surface area contributed by atoms with E-state index in [1.54, 1.807) is 0 Å². The van der Waals surface area contributed by atoms with Crippen LogP contribution in [0, 0.1) is 0 Å². The third-order valence-corrected chi connectivity index (χ3v) is 3.06. The van der Waals surface area contributed by atoms with E-state index in [9.17, 15) is 9.90 Å². The lowest BCUT2D eigenvalue weighted by molar-refractivity contribution is -0.0460. The Bertz CT molecular complexity index is 504. The fraction of sp³-hybridized carbons (Fsp3) is 0.636. The molecule has 19 heavy (non-hydrogen) atoms. The Morgan fingerprint density at radius 2 is 2.42 bits per heavy atom. The molecule has 1 aliphatic rings. The summed E-state index contributed by atoms with van der Waals surface area (Å²) in [6.07, 6.45) is -0.455. The Hall–Kier alpha value is -1.48. The van der Waals surface area contributed by atoms with Gasteiger partial charge in [-0.05, 0) is 0 Å². The first kappa shape index (κ1) is 13.9. The van der Waals surface area contributed by atoms with Gasteiger partial charge in [-0.15, -0.1) is 0 Å². The van der Waals surface area contributed by atoms with Crippen LogP contribution in [0.1, 0.15) is 18.2 Å². The fourth-order valence-electron chi connectivity index (χ4n) is 2.05. The van der Waals surface area contributed by atoms with Crippen molar-refractivity contribution in [3.63, 3.8) is 0 Å². The van der Waals surface area contributed by atoms with E-state index in [2.05, 4.69) is 4.98 Å². The zero-order chi connectivity index (χ0) is 14.0. The van der Waals surface area contributed by atoms with Crippen LogP contribution >= 0.6 is 0 Å². The summed E-state index contributed by atoms with van der Waals surface area (Å²) in [6.45, 7) is -0.0858. The largest absolute Gasteiger partial charge is 0.394 e. The zero-order valence-corrected chi connectivity index (χ0v) is 10.5. The summed E-state index contributed by atoms with van der Waals surface area (Å²) in [5.41, 5.74) is 5.62. The second-order valence-corrected chi connectivity index (χ2v) is 4.39. The molecule has 0 aliphatic carbocycles. The number of hydrogen-bond donors (Lipinski definition) is 3. The summed E-state index contributed by atoms with van der Waals surface area (Å²) in [6, 6.07) is 0. The lowest BCUT2D eigenvalue weighted by atomic mass is 10.2. The van der Waals surface area contributed by atoms with Crippen LogP contribution in [0.15, 0.2) is 11.0 Å².